The highest BCUT2D eigenvalue weighted by molar-refractivity contribution is 6.31. The van der Waals surface area contributed by atoms with E-state index in [0.29, 0.717) is 16.1 Å². The van der Waals surface area contributed by atoms with E-state index in [1.807, 2.05) is 67.6 Å². The number of rotatable bonds is 14. The predicted molar refractivity (Wildman–Crippen MR) is 178 cm³/mol. The molecule has 0 radical (unpaired) electrons. The van der Waals surface area contributed by atoms with Gasteiger partial charge in [0, 0.05) is 30.0 Å². The molecule has 4 aromatic rings. The number of hydrogen-bond donors (Lipinski definition) is 2. The largest absolute Gasteiger partial charge is 0.491 e. The molecule has 0 unspecified atom stereocenters. The Bertz CT molecular complexity index is 1640. The summed E-state index contributed by atoms with van der Waals surface area (Å²) in [5.74, 6) is -4.62. The van der Waals surface area contributed by atoms with Gasteiger partial charge in [-0.1, -0.05) is 91.3 Å². The molecule has 2 N–H and O–H groups in total. The first kappa shape index (κ1) is 35.9. The fraction of sp³-hybridized carbons (Fsp3) is 0.368. The summed E-state index contributed by atoms with van der Waals surface area (Å²) in [6, 6.07) is 27.0. The molecule has 1 heterocycles. The topological polar surface area (TPSA) is 86.6 Å². The zero-order valence-electron chi connectivity index (χ0n) is 27.2. The van der Waals surface area contributed by atoms with Crippen LogP contribution in [0.25, 0.3) is 0 Å². The predicted octanol–water partition coefficient (Wildman–Crippen LogP) is 6.97. The molecule has 10 heteroatoms. The van der Waals surface area contributed by atoms with Crippen LogP contribution in [0.2, 0.25) is 5.02 Å². The fourth-order valence-corrected chi connectivity index (χ4v) is 6.39. The molecule has 48 heavy (non-hydrogen) atoms. The van der Waals surface area contributed by atoms with Gasteiger partial charge in [-0.25, -0.2) is 4.39 Å². The SMILES string of the molecule is CCOc1ccc(Cc2cc([C@]3(OC)OC(CO)(CO)[C@@H](C)[C@H](OCc4ccccc4)[C@H]3OCc3ccccc3)ccc2Cl)c(F)c1F. The van der Waals surface area contributed by atoms with E-state index in [2.05, 4.69) is 0 Å². The first-order valence-electron chi connectivity index (χ1n) is 15.9. The van der Waals surface area contributed by atoms with Gasteiger partial charge in [0.2, 0.25) is 11.6 Å². The van der Waals surface area contributed by atoms with Crippen LogP contribution in [0, 0.1) is 17.6 Å². The van der Waals surface area contributed by atoms with E-state index in [0.717, 1.165) is 11.1 Å². The first-order chi connectivity index (χ1) is 23.2. The van der Waals surface area contributed by atoms with Gasteiger partial charge in [-0.2, -0.15) is 4.39 Å². The number of benzene rings is 4. The Balaban J connectivity index is 1.60. The summed E-state index contributed by atoms with van der Waals surface area (Å²) in [6.45, 7) is 2.98. The summed E-state index contributed by atoms with van der Waals surface area (Å²) in [7, 11) is 1.44. The quantitative estimate of drug-likeness (QED) is 0.149. The maximum absolute atomic E-state index is 15.2. The molecule has 1 aliphatic rings. The summed E-state index contributed by atoms with van der Waals surface area (Å²) >= 11 is 6.65. The average molecular weight is 683 g/mol. The molecule has 1 saturated heterocycles. The minimum atomic E-state index is -1.75. The van der Waals surface area contributed by atoms with Gasteiger partial charge in [0.05, 0.1) is 39.1 Å². The van der Waals surface area contributed by atoms with Crippen molar-refractivity contribution >= 4 is 11.6 Å². The highest BCUT2D eigenvalue weighted by Gasteiger charge is 2.62. The van der Waals surface area contributed by atoms with E-state index in [4.69, 9.17) is 35.3 Å². The van der Waals surface area contributed by atoms with Crippen LogP contribution in [0.1, 0.15) is 41.7 Å². The molecule has 0 aliphatic carbocycles. The molecule has 4 atom stereocenters. The highest BCUT2D eigenvalue weighted by Crippen LogP contribution is 2.49. The molecule has 0 amide bonds. The van der Waals surface area contributed by atoms with Crippen molar-refractivity contribution in [2.45, 2.75) is 57.1 Å². The van der Waals surface area contributed by atoms with Gasteiger partial charge in [-0.3, -0.25) is 0 Å². The third-order valence-corrected chi connectivity index (χ3v) is 9.37. The van der Waals surface area contributed by atoms with Crippen molar-refractivity contribution in [2.75, 3.05) is 26.9 Å². The minimum absolute atomic E-state index is 0.0629. The standard InChI is InChI=1S/C38H41ClF2O7/c1-4-45-32-18-15-28(33(40)34(32)41)19-29-20-30(16-17-31(29)39)38(44-3)36(47-22-27-13-9-6-10-14-27)35(25(2)37(23-42,24-43)48-38)46-21-26-11-7-5-8-12-26/h5-18,20,25,35-36,42-43H,4,19,21-24H2,1-3H3/t25-,35-,36+,38-/m0/s1. The Morgan fingerprint density at radius 1 is 0.812 bits per heavy atom. The van der Waals surface area contributed by atoms with Crippen molar-refractivity contribution in [3.8, 4) is 5.75 Å². The summed E-state index contributed by atoms with van der Waals surface area (Å²) in [4.78, 5) is 0. The van der Waals surface area contributed by atoms with Gasteiger partial charge in [0.25, 0.3) is 0 Å². The molecular weight excluding hydrogens is 642 g/mol. The van der Waals surface area contributed by atoms with Crippen molar-refractivity contribution in [1.82, 2.24) is 0 Å². The van der Waals surface area contributed by atoms with Crippen molar-refractivity contribution < 1.29 is 42.7 Å². The van der Waals surface area contributed by atoms with Crippen LogP contribution < -0.4 is 4.74 Å². The van der Waals surface area contributed by atoms with Gasteiger partial charge in [-0.05, 0) is 47.4 Å². The number of hydrogen-bond acceptors (Lipinski definition) is 7. The zero-order valence-corrected chi connectivity index (χ0v) is 28.0. The number of ether oxygens (including phenoxy) is 5. The lowest BCUT2D eigenvalue weighted by Gasteiger charge is -2.56. The molecule has 4 aromatic carbocycles. The summed E-state index contributed by atoms with van der Waals surface area (Å²) in [5, 5.41) is 21.8. The molecule has 7 nitrogen and oxygen atoms in total. The molecule has 256 valence electrons. The van der Waals surface area contributed by atoms with Crippen LogP contribution in [0.5, 0.6) is 5.75 Å². The van der Waals surface area contributed by atoms with Gasteiger partial charge in [0.1, 0.15) is 11.7 Å². The molecule has 0 saturated carbocycles. The Morgan fingerprint density at radius 3 is 2.02 bits per heavy atom. The Kier molecular flexibility index (Phi) is 11.9. The lowest BCUT2D eigenvalue weighted by Crippen LogP contribution is -2.69. The van der Waals surface area contributed by atoms with E-state index in [-0.39, 0.29) is 37.6 Å². The monoisotopic (exact) mass is 682 g/mol. The maximum atomic E-state index is 15.2. The lowest BCUT2D eigenvalue weighted by molar-refractivity contribution is -0.404. The normalized spacial score (nSPS) is 22.0. The number of aliphatic hydroxyl groups is 2. The van der Waals surface area contributed by atoms with E-state index in [9.17, 15) is 14.6 Å². The fourth-order valence-electron chi connectivity index (χ4n) is 6.20. The summed E-state index contributed by atoms with van der Waals surface area (Å²) in [5.41, 5.74) is 1.23. The Labute approximate surface area is 284 Å². The highest BCUT2D eigenvalue weighted by atomic mass is 35.5. The second-order valence-corrected chi connectivity index (χ2v) is 12.3. The van der Waals surface area contributed by atoms with Crippen LogP contribution in [0.4, 0.5) is 8.78 Å². The number of halogens is 3. The molecular formula is C38H41ClF2O7. The number of methoxy groups -OCH3 is 1. The maximum Gasteiger partial charge on any atom is 0.225 e. The van der Waals surface area contributed by atoms with E-state index >= 15 is 4.39 Å². The van der Waals surface area contributed by atoms with Crippen molar-refractivity contribution in [3.05, 3.63) is 135 Å². The minimum Gasteiger partial charge on any atom is -0.491 e. The van der Waals surface area contributed by atoms with Crippen LogP contribution >= 0.6 is 11.6 Å². The molecule has 0 bridgehead atoms. The van der Waals surface area contributed by atoms with Crippen molar-refractivity contribution in [3.63, 3.8) is 0 Å². The van der Waals surface area contributed by atoms with Crippen molar-refractivity contribution in [2.24, 2.45) is 5.92 Å². The van der Waals surface area contributed by atoms with Gasteiger partial charge < -0.3 is 33.9 Å². The first-order valence-corrected chi connectivity index (χ1v) is 16.3. The van der Waals surface area contributed by atoms with Crippen LogP contribution in [0.15, 0.2) is 91.0 Å². The molecule has 1 aliphatic heterocycles. The van der Waals surface area contributed by atoms with E-state index in [1.165, 1.54) is 19.2 Å². The Morgan fingerprint density at radius 2 is 1.44 bits per heavy atom. The Hall–Kier alpha value is -3.41. The molecule has 1 fully saturated rings. The zero-order chi connectivity index (χ0) is 34.3. The van der Waals surface area contributed by atoms with Crippen molar-refractivity contribution in [1.29, 1.82) is 0 Å². The average Bonchev–Trinajstić information content (AvgIpc) is 3.12. The van der Waals surface area contributed by atoms with Crippen LogP contribution in [-0.2, 0) is 44.4 Å². The van der Waals surface area contributed by atoms with Gasteiger partial charge in [0.15, 0.2) is 11.6 Å². The second kappa shape index (κ2) is 15.9. The van der Waals surface area contributed by atoms with E-state index < -0.39 is 54.4 Å². The summed E-state index contributed by atoms with van der Waals surface area (Å²) < 4.78 is 61.4. The third kappa shape index (κ3) is 7.28. The second-order valence-electron chi connectivity index (χ2n) is 11.9. The third-order valence-electron chi connectivity index (χ3n) is 9.00. The van der Waals surface area contributed by atoms with E-state index in [1.54, 1.807) is 25.1 Å². The van der Waals surface area contributed by atoms with Crippen LogP contribution in [0.3, 0.4) is 0 Å². The molecule has 5 rings (SSSR count). The van der Waals surface area contributed by atoms with Crippen LogP contribution in [-0.4, -0.2) is 55.0 Å². The summed E-state index contributed by atoms with van der Waals surface area (Å²) in [6.07, 6.45) is -1.77. The van der Waals surface area contributed by atoms with Gasteiger partial charge in [-0.15, -0.1) is 0 Å². The molecule has 0 aromatic heterocycles. The molecule has 0 spiro atoms. The van der Waals surface area contributed by atoms with Gasteiger partial charge >= 0.3 is 0 Å². The number of aliphatic hydroxyl groups excluding tert-OH is 2. The smallest absolute Gasteiger partial charge is 0.225 e. The lowest BCUT2D eigenvalue weighted by atomic mass is 9.75.